The van der Waals surface area contributed by atoms with Gasteiger partial charge in [-0.15, -0.1) is 0 Å². The number of thioether (sulfide) groups is 1. The molecule has 4 heteroatoms. The molecule has 0 radical (unpaired) electrons. The zero-order valence-electron chi connectivity index (χ0n) is 6.50. The van der Waals surface area contributed by atoms with Gasteiger partial charge in [0.25, 0.3) is 0 Å². The lowest BCUT2D eigenvalue weighted by molar-refractivity contribution is 0.214. The molecule has 0 unspecified atom stereocenters. The average molecular weight is 160 g/mol. The van der Waals surface area contributed by atoms with Crippen LogP contribution in [-0.2, 0) is 4.84 Å². The van der Waals surface area contributed by atoms with E-state index in [1.54, 1.807) is 6.21 Å². The number of aliphatic imine (C=N–C) groups is 1. The van der Waals surface area contributed by atoms with E-state index in [1.807, 2.05) is 13.2 Å². The third-order valence-electron chi connectivity index (χ3n) is 0.736. The van der Waals surface area contributed by atoms with Crippen molar-refractivity contribution in [3.05, 3.63) is 0 Å². The molecule has 0 rings (SSSR count). The van der Waals surface area contributed by atoms with Crippen LogP contribution < -0.4 is 0 Å². The molecule has 0 aliphatic carbocycles. The van der Waals surface area contributed by atoms with Gasteiger partial charge in [-0.05, 0) is 12.7 Å². The summed E-state index contributed by atoms with van der Waals surface area (Å²) in [4.78, 5) is 8.56. The lowest BCUT2D eigenvalue weighted by atomic mass is 10.5. The van der Waals surface area contributed by atoms with Gasteiger partial charge >= 0.3 is 0 Å². The summed E-state index contributed by atoms with van der Waals surface area (Å²) in [5.41, 5.74) is 0. The zero-order valence-corrected chi connectivity index (χ0v) is 7.31. The normalized spacial score (nSPS) is 12.5. The molecule has 0 N–H and O–H groups in total. The summed E-state index contributed by atoms with van der Waals surface area (Å²) in [6.07, 6.45) is 4.63. The highest BCUT2D eigenvalue weighted by Crippen LogP contribution is 1.98. The van der Waals surface area contributed by atoms with Gasteiger partial charge < -0.3 is 4.84 Å². The Morgan fingerprint density at radius 1 is 1.70 bits per heavy atom. The molecule has 0 aliphatic rings. The molecule has 3 nitrogen and oxygen atoms in total. The van der Waals surface area contributed by atoms with E-state index >= 15 is 0 Å². The Bertz CT molecular complexity index is 134. The second-order valence-corrected chi connectivity index (χ2v) is 2.25. The van der Waals surface area contributed by atoms with Crippen LogP contribution in [0.25, 0.3) is 0 Å². The highest BCUT2D eigenvalue weighted by Gasteiger charge is 1.89. The Labute approximate surface area is 65.5 Å². The van der Waals surface area contributed by atoms with Gasteiger partial charge in [0.15, 0.2) is 0 Å². The van der Waals surface area contributed by atoms with Gasteiger partial charge in [-0.2, -0.15) is 0 Å². The number of rotatable bonds is 2. The topological polar surface area (TPSA) is 34.0 Å². The van der Waals surface area contributed by atoms with Crippen molar-refractivity contribution < 1.29 is 4.84 Å². The van der Waals surface area contributed by atoms with E-state index in [4.69, 9.17) is 0 Å². The van der Waals surface area contributed by atoms with E-state index < -0.39 is 0 Å². The van der Waals surface area contributed by atoms with Crippen LogP contribution in [-0.4, -0.2) is 24.7 Å². The maximum atomic E-state index is 4.55. The van der Waals surface area contributed by atoms with E-state index in [1.165, 1.54) is 18.9 Å². The van der Waals surface area contributed by atoms with Crippen LogP contribution >= 0.6 is 11.8 Å². The summed E-state index contributed by atoms with van der Waals surface area (Å²) in [5.74, 6) is 0. The first kappa shape index (κ1) is 9.49. The van der Waals surface area contributed by atoms with Crippen molar-refractivity contribution in [2.75, 3.05) is 13.4 Å². The second-order valence-electron chi connectivity index (χ2n) is 1.48. The Balaban J connectivity index is 3.82. The molecule has 0 saturated carbocycles. The lowest BCUT2D eigenvalue weighted by Gasteiger charge is -1.91. The van der Waals surface area contributed by atoms with Crippen LogP contribution in [0.4, 0.5) is 0 Å². The minimum absolute atomic E-state index is 0.657. The van der Waals surface area contributed by atoms with Crippen molar-refractivity contribution in [1.29, 1.82) is 0 Å². The monoisotopic (exact) mass is 160 g/mol. The molecule has 0 aromatic rings. The zero-order chi connectivity index (χ0) is 7.82. The van der Waals surface area contributed by atoms with Gasteiger partial charge in [-0.3, -0.25) is 0 Å². The molecule has 0 spiro atoms. The molecule has 0 aromatic heterocycles. The fourth-order valence-electron chi connectivity index (χ4n) is 0.361. The van der Waals surface area contributed by atoms with Crippen molar-refractivity contribution in [3.8, 4) is 0 Å². The minimum Gasteiger partial charge on any atom is -0.397 e. The number of amidine groups is 1. The maximum Gasteiger partial charge on any atom is 0.225 e. The average Bonchev–Trinajstić information content (AvgIpc) is 1.98. The Morgan fingerprint density at radius 3 is 2.80 bits per heavy atom. The van der Waals surface area contributed by atoms with Crippen molar-refractivity contribution in [2.45, 2.75) is 13.3 Å². The van der Waals surface area contributed by atoms with Crippen LogP contribution in [0.15, 0.2) is 10.1 Å². The molecule has 0 amide bonds. The molecule has 10 heavy (non-hydrogen) atoms. The summed E-state index contributed by atoms with van der Waals surface area (Å²) >= 11 is 1.46. The quantitative estimate of drug-likeness (QED) is 0.350. The van der Waals surface area contributed by atoms with E-state index in [9.17, 15) is 0 Å². The molecule has 0 bridgehead atoms. The SMILES string of the molecule is CC/C=N\C(=N/OC)SC. The van der Waals surface area contributed by atoms with Crippen LogP contribution in [0.3, 0.4) is 0 Å². The minimum atomic E-state index is 0.657. The van der Waals surface area contributed by atoms with Crippen LogP contribution in [0.5, 0.6) is 0 Å². The fraction of sp³-hybridized carbons (Fsp3) is 0.667. The van der Waals surface area contributed by atoms with Crippen LogP contribution in [0.2, 0.25) is 0 Å². The van der Waals surface area contributed by atoms with Crippen LogP contribution in [0.1, 0.15) is 13.3 Å². The summed E-state index contributed by atoms with van der Waals surface area (Å²) in [6.45, 7) is 2.02. The van der Waals surface area contributed by atoms with E-state index in [2.05, 4.69) is 15.0 Å². The third-order valence-corrected chi connectivity index (χ3v) is 1.28. The molecular formula is C6H12N2OS. The first-order valence-electron chi connectivity index (χ1n) is 3.02. The van der Waals surface area contributed by atoms with Gasteiger partial charge in [-0.25, -0.2) is 4.99 Å². The first-order valence-corrected chi connectivity index (χ1v) is 4.25. The molecular weight excluding hydrogens is 148 g/mol. The van der Waals surface area contributed by atoms with Crippen molar-refractivity contribution in [2.24, 2.45) is 10.1 Å². The number of nitrogens with zero attached hydrogens (tertiary/aromatic N) is 2. The van der Waals surface area contributed by atoms with Gasteiger partial charge in [-0.1, -0.05) is 23.8 Å². The molecule has 0 saturated heterocycles. The summed E-state index contributed by atoms with van der Waals surface area (Å²) in [6, 6.07) is 0. The van der Waals surface area contributed by atoms with Crippen LogP contribution in [0, 0.1) is 0 Å². The summed E-state index contributed by atoms with van der Waals surface area (Å²) in [5, 5.41) is 4.32. The molecule has 0 aliphatic heterocycles. The number of hydrogen-bond acceptors (Lipinski definition) is 3. The predicted molar refractivity (Wildman–Crippen MR) is 46.7 cm³/mol. The Kier molecular flexibility index (Phi) is 6.27. The highest BCUT2D eigenvalue weighted by atomic mass is 32.2. The standard InChI is InChI=1S/C6H12N2OS/c1-4-5-7-6(10-3)8-9-2/h5H,4H2,1-3H3/b7-5-,8-6+. The summed E-state index contributed by atoms with van der Waals surface area (Å²) in [7, 11) is 1.51. The van der Waals surface area contributed by atoms with Gasteiger partial charge in [0.05, 0.1) is 0 Å². The predicted octanol–water partition coefficient (Wildman–Crippen LogP) is 1.75. The third kappa shape index (κ3) is 4.38. The molecule has 0 fully saturated rings. The van der Waals surface area contributed by atoms with E-state index in [0.29, 0.717) is 5.17 Å². The molecule has 0 aromatic carbocycles. The highest BCUT2D eigenvalue weighted by molar-refractivity contribution is 8.13. The molecule has 0 heterocycles. The van der Waals surface area contributed by atoms with E-state index in [-0.39, 0.29) is 0 Å². The second kappa shape index (κ2) is 6.61. The number of oxime groups is 1. The van der Waals surface area contributed by atoms with Crippen molar-refractivity contribution >= 4 is 23.1 Å². The largest absolute Gasteiger partial charge is 0.397 e. The molecule has 58 valence electrons. The Morgan fingerprint density at radius 2 is 2.40 bits per heavy atom. The van der Waals surface area contributed by atoms with Crippen molar-refractivity contribution in [1.82, 2.24) is 0 Å². The molecule has 0 atom stereocenters. The van der Waals surface area contributed by atoms with Gasteiger partial charge in [0.1, 0.15) is 7.11 Å². The maximum absolute atomic E-state index is 4.55. The summed E-state index contributed by atoms with van der Waals surface area (Å²) < 4.78 is 0. The lowest BCUT2D eigenvalue weighted by Crippen LogP contribution is -1.87. The smallest absolute Gasteiger partial charge is 0.225 e. The first-order chi connectivity index (χ1) is 4.85. The fourth-order valence-corrected chi connectivity index (χ4v) is 0.690. The van der Waals surface area contributed by atoms with Gasteiger partial charge in [0, 0.05) is 6.21 Å². The number of hydrogen-bond donors (Lipinski definition) is 0. The van der Waals surface area contributed by atoms with Crippen molar-refractivity contribution in [3.63, 3.8) is 0 Å². The van der Waals surface area contributed by atoms with E-state index in [0.717, 1.165) is 6.42 Å². The Hall–Kier alpha value is -0.510. The van der Waals surface area contributed by atoms with Gasteiger partial charge in [0.2, 0.25) is 5.17 Å².